The minimum atomic E-state index is 0.449. The maximum atomic E-state index is 4.37. The Balaban J connectivity index is 0.000000791. The third-order valence-corrected chi connectivity index (χ3v) is 1.75. The van der Waals surface area contributed by atoms with Crippen LogP contribution in [0.2, 0.25) is 0 Å². The molecule has 0 N–H and O–H groups in total. The van der Waals surface area contributed by atoms with Gasteiger partial charge in [-0.2, -0.15) is 0 Å². The zero-order valence-corrected chi connectivity index (χ0v) is 9.62. The summed E-state index contributed by atoms with van der Waals surface area (Å²) < 4.78 is 1.88. The van der Waals surface area contributed by atoms with Crippen LogP contribution in [0.5, 0.6) is 0 Å². The maximum Gasteiger partial charge on any atom is 0.136 e. The van der Waals surface area contributed by atoms with Gasteiger partial charge in [-0.05, 0) is 12.0 Å². The summed E-state index contributed by atoms with van der Waals surface area (Å²) in [4.78, 5) is 4.37. The second kappa shape index (κ2) is 6.19. The molecule has 1 aromatic rings. The Morgan fingerprint density at radius 3 is 2.21 bits per heavy atom. The molecule has 0 spiro atoms. The van der Waals surface area contributed by atoms with Crippen molar-refractivity contribution in [3.05, 3.63) is 30.9 Å². The van der Waals surface area contributed by atoms with Crippen LogP contribution in [0.15, 0.2) is 19.4 Å². The van der Waals surface area contributed by atoms with Crippen LogP contribution >= 0.6 is 0 Å². The third-order valence-electron chi connectivity index (χ3n) is 1.75. The van der Waals surface area contributed by atoms with Gasteiger partial charge in [0.25, 0.3) is 0 Å². The first-order valence-electron chi connectivity index (χ1n) is 5.02. The van der Waals surface area contributed by atoms with Gasteiger partial charge in [-0.3, -0.25) is 0 Å². The van der Waals surface area contributed by atoms with E-state index in [1.807, 2.05) is 24.6 Å². The van der Waals surface area contributed by atoms with Gasteiger partial charge >= 0.3 is 0 Å². The molecule has 0 saturated carbocycles. The SMILES string of the molecule is C=Cc1nc(C(C)C)cn1C=C.CC. The first kappa shape index (κ1) is 12.7. The van der Waals surface area contributed by atoms with Crippen molar-refractivity contribution in [3.8, 4) is 0 Å². The molecule has 2 nitrogen and oxygen atoms in total. The van der Waals surface area contributed by atoms with Gasteiger partial charge in [-0.1, -0.05) is 40.9 Å². The molecule has 0 radical (unpaired) electrons. The number of hydrogen-bond acceptors (Lipinski definition) is 1. The molecule has 2 heteroatoms. The summed E-state index contributed by atoms with van der Waals surface area (Å²) in [6.07, 6.45) is 5.44. The lowest BCUT2D eigenvalue weighted by Gasteiger charge is -1.95. The summed E-state index contributed by atoms with van der Waals surface area (Å²) in [5.41, 5.74) is 1.07. The highest BCUT2D eigenvalue weighted by Crippen LogP contribution is 2.14. The van der Waals surface area contributed by atoms with Gasteiger partial charge < -0.3 is 4.57 Å². The largest absolute Gasteiger partial charge is 0.307 e. The number of nitrogens with zero attached hydrogens (tertiary/aromatic N) is 2. The van der Waals surface area contributed by atoms with Crippen molar-refractivity contribution in [1.29, 1.82) is 0 Å². The van der Waals surface area contributed by atoms with Gasteiger partial charge in [0.1, 0.15) is 5.82 Å². The maximum absolute atomic E-state index is 4.37. The van der Waals surface area contributed by atoms with Gasteiger partial charge in [0.2, 0.25) is 0 Å². The van der Waals surface area contributed by atoms with Crippen LogP contribution in [0.4, 0.5) is 0 Å². The molecular weight excluding hydrogens is 172 g/mol. The number of imidazole rings is 1. The molecule has 14 heavy (non-hydrogen) atoms. The van der Waals surface area contributed by atoms with Crippen molar-refractivity contribution in [2.24, 2.45) is 0 Å². The van der Waals surface area contributed by atoms with Crippen LogP contribution in [-0.4, -0.2) is 9.55 Å². The van der Waals surface area contributed by atoms with Crippen molar-refractivity contribution in [2.75, 3.05) is 0 Å². The summed E-state index contributed by atoms with van der Waals surface area (Å²) in [6.45, 7) is 15.6. The van der Waals surface area contributed by atoms with Gasteiger partial charge in [0.15, 0.2) is 0 Å². The number of rotatable bonds is 3. The van der Waals surface area contributed by atoms with Gasteiger partial charge in [0, 0.05) is 12.4 Å². The minimum Gasteiger partial charge on any atom is -0.307 e. The monoisotopic (exact) mass is 192 g/mol. The van der Waals surface area contributed by atoms with E-state index in [1.54, 1.807) is 12.3 Å². The first-order chi connectivity index (χ1) is 6.69. The molecule has 0 aliphatic carbocycles. The molecule has 0 amide bonds. The molecule has 0 atom stereocenters. The highest BCUT2D eigenvalue weighted by molar-refractivity contribution is 5.43. The quantitative estimate of drug-likeness (QED) is 0.712. The highest BCUT2D eigenvalue weighted by Gasteiger charge is 2.05. The average Bonchev–Trinajstić information content (AvgIpc) is 2.63. The number of hydrogen-bond donors (Lipinski definition) is 0. The summed E-state index contributed by atoms with van der Waals surface area (Å²) in [7, 11) is 0. The predicted octanol–water partition coefficient (Wildman–Crippen LogP) is 3.78. The molecule has 0 aliphatic heterocycles. The Morgan fingerprint density at radius 1 is 1.36 bits per heavy atom. The topological polar surface area (TPSA) is 17.8 Å². The Hall–Kier alpha value is -1.31. The fourth-order valence-electron chi connectivity index (χ4n) is 1.00. The van der Waals surface area contributed by atoms with E-state index >= 15 is 0 Å². The second-order valence-corrected chi connectivity index (χ2v) is 2.97. The average molecular weight is 192 g/mol. The normalized spacial score (nSPS) is 9.21. The zero-order valence-electron chi connectivity index (χ0n) is 9.62. The highest BCUT2D eigenvalue weighted by atomic mass is 15.1. The molecule has 1 heterocycles. The summed E-state index contributed by atoms with van der Waals surface area (Å²) in [5, 5.41) is 0. The molecule has 0 fully saturated rings. The molecule has 0 aromatic carbocycles. The standard InChI is InChI=1S/C10H14N2.C2H6/c1-5-10-11-9(8(3)4)7-12(10)6-2;1-2/h5-8H,1-2H2,3-4H3;1-2H3. The minimum absolute atomic E-state index is 0.449. The van der Waals surface area contributed by atoms with E-state index in [0.29, 0.717) is 5.92 Å². The van der Waals surface area contributed by atoms with Crippen molar-refractivity contribution < 1.29 is 0 Å². The summed E-state index contributed by atoms with van der Waals surface area (Å²) in [6, 6.07) is 0. The molecule has 0 unspecified atom stereocenters. The third kappa shape index (κ3) is 2.87. The molecular formula is C12H20N2. The van der Waals surface area contributed by atoms with E-state index in [9.17, 15) is 0 Å². The van der Waals surface area contributed by atoms with Crippen LogP contribution in [0, 0.1) is 0 Å². The van der Waals surface area contributed by atoms with E-state index in [4.69, 9.17) is 0 Å². The Labute approximate surface area is 87.0 Å². The van der Waals surface area contributed by atoms with Gasteiger partial charge in [0.05, 0.1) is 5.69 Å². The Morgan fingerprint density at radius 2 is 1.93 bits per heavy atom. The van der Waals surface area contributed by atoms with E-state index in [-0.39, 0.29) is 0 Å². The predicted molar refractivity (Wildman–Crippen MR) is 64.1 cm³/mol. The lowest BCUT2D eigenvalue weighted by atomic mass is 10.2. The molecule has 0 aliphatic rings. The van der Waals surface area contributed by atoms with Crippen molar-refractivity contribution in [2.45, 2.75) is 33.6 Å². The fourth-order valence-corrected chi connectivity index (χ4v) is 1.00. The molecule has 1 rings (SSSR count). The summed E-state index contributed by atoms with van der Waals surface area (Å²) in [5.74, 6) is 1.30. The molecule has 0 bridgehead atoms. The fraction of sp³-hybridized carbons (Fsp3) is 0.417. The van der Waals surface area contributed by atoms with Crippen LogP contribution < -0.4 is 0 Å². The van der Waals surface area contributed by atoms with Crippen molar-refractivity contribution in [3.63, 3.8) is 0 Å². The number of aromatic nitrogens is 2. The summed E-state index contributed by atoms with van der Waals surface area (Å²) >= 11 is 0. The van der Waals surface area contributed by atoms with Gasteiger partial charge in [-0.15, -0.1) is 0 Å². The van der Waals surface area contributed by atoms with E-state index in [2.05, 4.69) is 32.0 Å². The first-order valence-corrected chi connectivity index (χ1v) is 5.02. The zero-order chi connectivity index (χ0) is 11.1. The van der Waals surface area contributed by atoms with Crippen LogP contribution in [-0.2, 0) is 0 Å². The van der Waals surface area contributed by atoms with Crippen LogP contribution in [0.1, 0.15) is 45.1 Å². The van der Waals surface area contributed by atoms with Crippen LogP contribution in [0.3, 0.4) is 0 Å². The molecule has 0 saturated heterocycles. The molecule has 78 valence electrons. The second-order valence-electron chi connectivity index (χ2n) is 2.97. The lowest BCUT2D eigenvalue weighted by Crippen LogP contribution is -1.86. The van der Waals surface area contributed by atoms with E-state index < -0.39 is 0 Å². The van der Waals surface area contributed by atoms with Crippen molar-refractivity contribution >= 4 is 12.3 Å². The van der Waals surface area contributed by atoms with Crippen LogP contribution in [0.25, 0.3) is 12.3 Å². The Bertz CT molecular complexity index is 270. The Kier molecular flexibility index (Phi) is 5.61. The van der Waals surface area contributed by atoms with E-state index in [0.717, 1.165) is 11.5 Å². The molecule has 1 aromatic heterocycles. The van der Waals surface area contributed by atoms with Gasteiger partial charge in [-0.25, -0.2) is 4.98 Å². The van der Waals surface area contributed by atoms with Crippen molar-refractivity contribution in [1.82, 2.24) is 9.55 Å². The lowest BCUT2D eigenvalue weighted by molar-refractivity contribution is 0.831. The van der Waals surface area contributed by atoms with E-state index in [1.165, 1.54) is 0 Å². The smallest absolute Gasteiger partial charge is 0.136 e.